The van der Waals surface area contributed by atoms with Crippen molar-refractivity contribution in [1.29, 1.82) is 0 Å². The molecule has 0 aliphatic heterocycles. The molecule has 51 heavy (non-hydrogen) atoms. The molecule has 10 aromatic rings. The van der Waals surface area contributed by atoms with Crippen molar-refractivity contribution in [2.45, 2.75) is 19.3 Å². The number of aromatic nitrogens is 3. The molecule has 3 heterocycles. The largest absolute Gasteiger partial charge is 0.309 e. The molecule has 0 atom stereocenters. The molecule has 11 rings (SSSR count). The molecule has 3 heteroatoms. The molecule has 0 fully saturated rings. The lowest BCUT2D eigenvalue weighted by Crippen LogP contribution is -2.15. The third-order valence-electron chi connectivity index (χ3n) is 11.4. The molecule has 7 aromatic carbocycles. The van der Waals surface area contributed by atoms with E-state index in [1.165, 1.54) is 93.5 Å². The summed E-state index contributed by atoms with van der Waals surface area (Å²) in [5.74, 6) is 0. The van der Waals surface area contributed by atoms with Crippen LogP contribution in [0, 0.1) is 0 Å². The Hall–Kier alpha value is -6.45. The zero-order chi connectivity index (χ0) is 33.8. The Balaban J connectivity index is 1.08. The molecule has 0 amide bonds. The molecular weight excluding hydrogens is 619 g/mol. The molecular formula is C48H33N3. The summed E-state index contributed by atoms with van der Waals surface area (Å²) in [5, 5.41) is 7.63. The molecule has 0 bridgehead atoms. The van der Waals surface area contributed by atoms with Crippen LogP contribution in [-0.4, -0.2) is 14.1 Å². The number of para-hydroxylation sites is 2. The summed E-state index contributed by atoms with van der Waals surface area (Å²) in [6.45, 7) is 4.75. The molecule has 3 aromatic heterocycles. The van der Waals surface area contributed by atoms with E-state index in [-0.39, 0.29) is 5.41 Å². The van der Waals surface area contributed by atoms with Crippen LogP contribution < -0.4 is 0 Å². The Morgan fingerprint density at radius 1 is 0.451 bits per heavy atom. The number of benzene rings is 7. The second-order valence-corrected chi connectivity index (χ2v) is 14.4. The first-order valence-corrected chi connectivity index (χ1v) is 17.7. The Morgan fingerprint density at radius 2 is 1.06 bits per heavy atom. The van der Waals surface area contributed by atoms with E-state index in [0.29, 0.717) is 0 Å². The standard InChI is InChI=1S/C48H33N3/c1-48(2)41-22-17-30-10-3-4-12-35(30)47(41)38-21-20-33(28-42(38)48)50-43-15-7-5-13-36(43)39-26-31(18-23-45(39)50)32-19-24-46-40(27-32)37-14-6-8-16-44(37)51(46)34-11-9-25-49-29-34/h3-29H,1-2H3. The van der Waals surface area contributed by atoms with Crippen LogP contribution >= 0.6 is 0 Å². The molecule has 0 saturated carbocycles. The van der Waals surface area contributed by atoms with Crippen LogP contribution in [0.1, 0.15) is 25.0 Å². The molecule has 0 N–H and O–H groups in total. The van der Waals surface area contributed by atoms with Crippen LogP contribution in [0.25, 0.3) is 88.0 Å². The van der Waals surface area contributed by atoms with Gasteiger partial charge in [0.05, 0.1) is 34.0 Å². The highest BCUT2D eigenvalue weighted by Gasteiger charge is 2.36. The highest BCUT2D eigenvalue weighted by Crippen LogP contribution is 2.52. The smallest absolute Gasteiger partial charge is 0.0645 e. The SMILES string of the molecule is CC1(C)c2cc(-n3c4ccccc4c4cc(-c5ccc6c(c5)c5ccccc5n6-c5cccnc5)ccc43)ccc2-c2c1ccc1ccccc21. The van der Waals surface area contributed by atoms with E-state index in [2.05, 4.69) is 174 Å². The maximum Gasteiger partial charge on any atom is 0.0645 e. The molecule has 0 saturated heterocycles. The zero-order valence-corrected chi connectivity index (χ0v) is 28.4. The maximum atomic E-state index is 4.42. The van der Waals surface area contributed by atoms with Gasteiger partial charge in [0.15, 0.2) is 0 Å². The topological polar surface area (TPSA) is 22.8 Å². The number of pyridine rings is 1. The number of rotatable bonds is 3. The Bertz CT molecular complexity index is 3050. The minimum absolute atomic E-state index is 0.102. The predicted molar refractivity (Wildman–Crippen MR) is 213 cm³/mol. The summed E-state index contributed by atoms with van der Waals surface area (Å²) in [4.78, 5) is 4.42. The van der Waals surface area contributed by atoms with Crippen LogP contribution in [0.5, 0.6) is 0 Å². The van der Waals surface area contributed by atoms with Gasteiger partial charge in [-0.3, -0.25) is 4.98 Å². The predicted octanol–water partition coefficient (Wildman–Crippen LogP) is 12.4. The van der Waals surface area contributed by atoms with Crippen molar-refractivity contribution in [2.75, 3.05) is 0 Å². The van der Waals surface area contributed by atoms with Crippen molar-refractivity contribution in [3.63, 3.8) is 0 Å². The number of hydrogen-bond acceptors (Lipinski definition) is 1. The van der Waals surface area contributed by atoms with Gasteiger partial charge < -0.3 is 9.13 Å². The van der Waals surface area contributed by atoms with Gasteiger partial charge in [-0.1, -0.05) is 105 Å². The molecule has 1 aliphatic carbocycles. The van der Waals surface area contributed by atoms with E-state index >= 15 is 0 Å². The van der Waals surface area contributed by atoms with Gasteiger partial charge in [0.2, 0.25) is 0 Å². The van der Waals surface area contributed by atoms with Crippen molar-refractivity contribution >= 4 is 54.4 Å². The third-order valence-corrected chi connectivity index (χ3v) is 11.4. The lowest BCUT2D eigenvalue weighted by Gasteiger charge is -2.22. The fraction of sp³-hybridized carbons (Fsp3) is 0.0625. The maximum absolute atomic E-state index is 4.42. The third kappa shape index (κ3) is 3.92. The molecule has 0 unspecified atom stereocenters. The average molecular weight is 652 g/mol. The quantitative estimate of drug-likeness (QED) is 0.186. The van der Waals surface area contributed by atoms with E-state index in [1.54, 1.807) is 0 Å². The summed E-state index contributed by atoms with van der Waals surface area (Å²) in [6.07, 6.45) is 3.76. The van der Waals surface area contributed by atoms with E-state index < -0.39 is 0 Å². The van der Waals surface area contributed by atoms with Crippen LogP contribution in [0.15, 0.2) is 164 Å². The molecule has 240 valence electrons. The van der Waals surface area contributed by atoms with Crippen molar-refractivity contribution in [3.05, 3.63) is 175 Å². The van der Waals surface area contributed by atoms with E-state index in [1.807, 2.05) is 18.5 Å². The second kappa shape index (κ2) is 10.3. The number of fused-ring (bicyclic) bond motifs is 11. The Morgan fingerprint density at radius 3 is 1.73 bits per heavy atom. The summed E-state index contributed by atoms with van der Waals surface area (Å²) >= 11 is 0. The highest BCUT2D eigenvalue weighted by atomic mass is 15.0. The monoisotopic (exact) mass is 651 g/mol. The summed E-state index contributed by atoms with van der Waals surface area (Å²) in [7, 11) is 0. The van der Waals surface area contributed by atoms with Crippen LogP contribution in [0.2, 0.25) is 0 Å². The number of nitrogens with zero attached hydrogens (tertiary/aromatic N) is 3. The average Bonchev–Trinajstić information content (AvgIpc) is 3.77. The fourth-order valence-electron chi connectivity index (χ4n) is 8.98. The molecule has 1 aliphatic rings. The Kier molecular flexibility index (Phi) is 5.73. The minimum Gasteiger partial charge on any atom is -0.309 e. The lowest BCUT2D eigenvalue weighted by molar-refractivity contribution is 0.660. The fourth-order valence-corrected chi connectivity index (χ4v) is 8.98. The summed E-state index contributed by atoms with van der Waals surface area (Å²) in [5.41, 5.74) is 14.9. The van der Waals surface area contributed by atoms with E-state index in [0.717, 1.165) is 5.69 Å². The van der Waals surface area contributed by atoms with E-state index in [9.17, 15) is 0 Å². The van der Waals surface area contributed by atoms with E-state index in [4.69, 9.17) is 0 Å². The van der Waals surface area contributed by atoms with Gasteiger partial charge in [-0.05, 0) is 105 Å². The van der Waals surface area contributed by atoms with Crippen molar-refractivity contribution in [3.8, 4) is 33.6 Å². The first-order chi connectivity index (χ1) is 25.1. The first-order valence-electron chi connectivity index (χ1n) is 17.7. The van der Waals surface area contributed by atoms with Crippen molar-refractivity contribution < 1.29 is 0 Å². The van der Waals surface area contributed by atoms with Gasteiger partial charge in [-0.2, -0.15) is 0 Å². The van der Waals surface area contributed by atoms with Gasteiger partial charge >= 0.3 is 0 Å². The van der Waals surface area contributed by atoms with Crippen molar-refractivity contribution in [2.24, 2.45) is 0 Å². The molecule has 0 radical (unpaired) electrons. The Labute approximate surface area is 295 Å². The van der Waals surface area contributed by atoms with Crippen molar-refractivity contribution in [1.82, 2.24) is 14.1 Å². The highest BCUT2D eigenvalue weighted by molar-refractivity contribution is 6.13. The van der Waals surface area contributed by atoms with Gasteiger partial charge in [0.1, 0.15) is 0 Å². The lowest BCUT2D eigenvalue weighted by atomic mass is 9.82. The van der Waals surface area contributed by atoms with Gasteiger partial charge in [0.25, 0.3) is 0 Å². The van der Waals surface area contributed by atoms with Gasteiger partial charge in [0, 0.05) is 38.8 Å². The normalized spacial score (nSPS) is 13.5. The first kappa shape index (κ1) is 28.4. The molecule has 3 nitrogen and oxygen atoms in total. The summed E-state index contributed by atoms with van der Waals surface area (Å²) in [6, 6.07) is 56.0. The number of hydrogen-bond donors (Lipinski definition) is 0. The summed E-state index contributed by atoms with van der Waals surface area (Å²) < 4.78 is 4.77. The molecule has 0 spiro atoms. The van der Waals surface area contributed by atoms with Crippen LogP contribution in [-0.2, 0) is 5.41 Å². The second-order valence-electron chi connectivity index (χ2n) is 14.4. The van der Waals surface area contributed by atoms with Crippen LogP contribution in [0.3, 0.4) is 0 Å². The minimum atomic E-state index is -0.102. The van der Waals surface area contributed by atoms with Crippen LogP contribution in [0.4, 0.5) is 0 Å². The van der Waals surface area contributed by atoms with Gasteiger partial charge in [-0.15, -0.1) is 0 Å². The van der Waals surface area contributed by atoms with Gasteiger partial charge in [-0.25, -0.2) is 0 Å². The zero-order valence-electron chi connectivity index (χ0n) is 28.4.